The number of benzene rings is 3. The summed E-state index contributed by atoms with van der Waals surface area (Å²) in [5.74, 6) is -0.0259. The van der Waals surface area contributed by atoms with Gasteiger partial charge in [-0.1, -0.05) is 78.9 Å². The number of hydrogen-bond donors (Lipinski definition) is 0. The van der Waals surface area contributed by atoms with Gasteiger partial charge in [0.2, 0.25) is 0 Å². The van der Waals surface area contributed by atoms with Crippen molar-refractivity contribution in [3.8, 4) is 16.9 Å². The van der Waals surface area contributed by atoms with Gasteiger partial charge in [-0.25, -0.2) is 4.68 Å². The summed E-state index contributed by atoms with van der Waals surface area (Å²) in [5, 5.41) is 4.76. The number of allylic oxidation sites excluding steroid dienone is 1. The summed E-state index contributed by atoms with van der Waals surface area (Å²) < 4.78 is 1.84. The van der Waals surface area contributed by atoms with E-state index in [1.54, 1.807) is 6.08 Å². The van der Waals surface area contributed by atoms with Crippen molar-refractivity contribution in [1.29, 1.82) is 0 Å². The number of ketones is 1. The molecule has 1 aromatic heterocycles. The molecule has 0 aliphatic rings. The van der Waals surface area contributed by atoms with Crippen LogP contribution >= 0.6 is 0 Å². The molecule has 0 bridgehead atoms. The number of carbonyl (C=O) groups excluding carboxylic acids is 1. The zero-order chi connectivity index (χ0) is 18.5. The van der Waals surface area contributed by atoms with E-state index in [1.165, 1.54) is 0 Å². The molecule has 0 aliphatic carbocycles. The number of para-hydroxylation sites is 1. The van der Waals surface area contributed by atoms with Crippen molar-refractivity contribution in [2.75, 3.05) is 0 Å². The molecule has 1 heterocycles. The molecular formula is C24H18N2O. The monoisotopic (exact) mass is 350 g/mol. The first-order valence-corrected chi connectivity index (χ1v) is 8.79. The van der Waals surface area contributed by atoms with Crippen LogP contribution in [0.4, 0.5) is 0 Å². The summed E-state index contributed by atoms with van der Waals surface area (Å²) in [6, 6.07) is 29.2. The number of rotatable bonds is 5. The largest absolute Gasteiger partial charge is 0.289 e. The number of hydrogen-bond acceptors (Lipinski definition) is 2. The van der Waals surface area contributed by atoms with Crippen LogP contribution in [-0.2, 0) is 0 Å². The summed E-state index contributed by atoms with van der Waals surface area (Å²) in [5.41, 5.74) is 4.40. The third kappa shape index (κ3) is 3.77. The van der Waals surface area contributed by atoms with Crippen molar-refractivity contribution in [2.45, 2.75) is 0 Å². The van der Waals surface area contributed by atoms with E-state index in [4.69, 9.17) is 5.10 Å². The Morgan fingerprint density at radius 2 is 1.37 bits per heavy atom. The SMILES string of the molecule is O=C(/C=C/c1cn(-c2ccccc2)nc1-c1ccccc1)c1ccccc1. The molecule has 27 heavy (non-hydrogen) atoms. The summed E-state index contributed by atoms with van der Waals surface area (Å²) >= 11 is 0. The Morgan fingerprint density at radius 1 is 0.778 bits per heavy atom. The van der Waals surface area contributed by atoms with Crippen LogP contribution in [0.1, 0.15) is 15.9 Å². The van der Waals surface area contributed by atoms with Gasteiger partial charge in [0.25, 0.3) is 0 Å². The van der Waals surface area contributed by atoms with Gasteiger partial charge >= 0.3 is 0 Å². The Hall–Kier alpha value is -3.72. The predicted molar refractivity (Wildman–Crippen MR) is 109 cm³/mol. The van der Waals surface area contributed by atoms with Crippen molar-refractivity contribution in [1.82, 2.24) is 9.78 Å². The molecule has 0 fully saturated rings. The Balaban J connectivity index is 1.73. The molecular weight excluding hydrogens is 332 g/mol. The van der Waals surface area contributed by atoms with Gasteiger partial charge in [-0.3, -0.25) is 4.79 Å². The van der Waals surface area contributed by atoms with Crippen LogP contribution in [-0.4, -0.2) is 15.6 Å². The molecule has 0 aliphatic heterocycles. The second-order valence-corrected chi connectivity index (χ2v) is 6.14. The zero-order valence-electron chi connectivity index (χ0n) is 14.7. The van der Waals surface area contributed by atoms with Gasteiger partial charge in [-0.05, 0) is 24.3 Å². The third-order valence-electron chi connectivity index (χ3n) is 4.28. The molecule has 0 radical (unpaired) electrons. The maximum atomic E-state index is 12.4. The molecule has 0 atom stereocenters. The molecule has 130 valence electrons. The fourth-order valence-electron chi connectivity index (χ4n) is 2.91. The Bertz CT molecular complexity index is 1070. The average Bonchev–Trinajstić information content (AvgIpc) is 3.18. The lowest BCUT2D eigenvalue weighted by Crippen LogP contribution is -1.93. The van der Waals surface area contributed by atoms with Gasteiger partial charge in [0.05, 0.1) is 11.4 Å². The quantitative estimate of drug-likeness (QED) is 0.355. The summed E-state index contributed by atoms with van der Waals surface area (Å²) in [6.07, 6.45) is 5.39. The third-order valence-corrected chi connectivity index (χ3v) is 4.28. The Morgan fingerprint density at radius 3 is 2.04 bits per heavy atom. The number of aromatic nitrogens is 2. The van der Waals surface area contributed by atoms with Crippen LogP contribution < -0.4 is 0 Å². The van der Waals surface area contributed by atoms with Crippen LogP contribution in [0.15, 0.2) is 103 Å². The van der Waals surface area contributed by atoms with E-state index in [0.29, 0.717) is 5.56 Å². The lowest BCUT2D eigenvalue weighted by molar-refractivity contribution is 0.104. The predicted octanol–water partition coefficient (Wildman–Crippen LogP) is 5.44. The molecule has 4 aromatic rings. The zero-order valence-corrected chi connectivity index (χ0v) is 14.7. The van der Waals surface area contributed by atoms with Crippen LogP contribution in [0.5, 0.6) is 0 Å². The van der Waals surface area contributed by atoms with Gasteiger partial charge in [-0.15, -0.1) is 0 Å². The minimum absolute atomic E-state index is 0.0259. The smallest absolute Gasteiger partial charge is 0.185 e. The highest BCUT2D eigenvalue weighted by molar-refractivity contribution is 6.07. The van der Waals surface area contributed by atoms with Gasteiger partial charge in [0, 0.05) is 22.9 Å². The molecule has 0 spiro atoms. The maximum Gasteiger partial charge on any atom is 0.185 e. The molecule has 4 rings (SSSR count). The first-order chi connectivity index (χ1) is 13.3. The fourth-order valence-corrected chi connectivity index (χ4v) is 2.91. The van der Waals surface area contributed by atoms with E-state index in [9.17, 15) is 4.79 Å². The van der Waals surface area contributed by atoms with Crippen LogP contribution in [0.25, 0.3) is 23.0 Å². The highest BCUT2D eigenvalue weighted by atomic mass is 16.1. The summed E-state index contributed by atoms with van der Waals surface area (Å²) in [4.78, 5) is 12.4. The molecule has 3 aromatic carbocycles. The Kier molecular flexibility index (Phi) is 4.75. The lowest BCUT2D eigenvalue weighted by Gasteiger charge is -2.00. The normalized spacial score (nSPS) is 11.0. The van der Waals surface area contributed by atoms with E-state index in [0.717, 1.165) is 22.5 Å². The van der Waals surface area contributed by atoms with Crippen molar-refractivity contribution in [3.05, 3.63) is 114 Å². The first kappa shape index (κ1) is 16.7. The molecule has 0 unspecified atom stereocenters. The van der Waals surface area contributed by atoms with Crippen molar-refractivity contribution >= 4 is 11.9 Å². The lowest BCUT2D eigenvalue weighted by atomic mass is 10.1. The molecule has 3 heteroatoms. The van der Waals surface area contributed by atoms with Crippen LogP contribution in [0, 0.1) is 0 Å². The van der Waals surface area contributed by atoms with E-state index in [-0.39, 0.29) is 5.78 Å². The Labute approximate surface area is 158 Å². The second kappa shape index (κ2) is 7.67. The molecule has 0 N–H and O–H groups in total. The molecule has 0 amide bonds. The van der Waals surface area contributed by atoms with Crippen molar-refractivity contribution in [3.63, 3.8) is 0 Å². The van der Waals surface area contributed by atoms with Gasteiger partial charge in [0.1, 0.15) is 0 Å². The molecule has 0 saturated carbocycles. The van der Waals surface area contributed by atoms with E-state index in [1.807, 2.05) is 108 Å². The number of nitrogens with zero attached hydrogens (tertiary/aromatic N) is 2. The standard InChI is InChI=1S/C24H18N2O/c27-23(19-10-4-1-5-11-19)17-16-21-18-26(22-14-8-3-9-15-22)25-24(21)20-12-6-2-7-13-20/h1-18H/b17-16+. The second-order valence-electron chi connectivity index (χ2n) is 6.14. The minimum atomic E-state index is -0.0259. The maximum absolute atomic E-state index is 12.4. The first-order valence-electron chi connectivity index (χ1n) is 8.79. The van der Waals surface area contributed by atoms with Gasteiger partial charge in [0.15, 0.2) is 5.78 Å². The van der Waals surface area contributed by atoms with Crippen LogP contribution in [0.2, 0.25) is 0 Å². The minimum Gasteiger partial charge on any atom is -0.289 e. The van der Waals surface area contributed by atoms with Gasteiger partial charge in [-0.2, -0.15) is 5.10 Å². The van der Waals surface area contributed by atoms with Crippen LogP contribution in [0.3, 0.4) is 0 Å². The van der Waals surface area contributed by atoms with Crippen molar-refractivity contribution in [2.24, 2.45) is 0 Å². The molecule has 3 nitrogen and oxygen atoms in total. The average molecular weight is 350 g/mol. The van der Waals surface area contributed by atoms with Gasteiger partial charge < -0.3 is 0 Å². The fraction of sp³-hybridized carbons (Fsp3) is 0. The van der Waals surface area contributed by atoms with Crippen molar-refractivity contribution < 1.29 is 4.79 Å². The topological polar surface area (TPSA) is 34.9 Å². The van der Waals surface area contributed by atoms with E-state index < -0.39 is 0 Å². The molecule has 0 saturated heterocycles. The highest BCUT2D eigenvalue weighted by Crippen LogP contribution is 2.24. The van der Waals surface area contributed by atoms with E-state index in [2.05, 4.69) is 0 Å². The highest BCUT2D eigenvalue weighted by Gasteiger charge is 2.11. The van der Waals surface area contributed by atoms with E-state index >= 15 is 0 Å². The summed E-state index contributed by atoms with van der Waals surface area (Å²) in [7, 11) is 0. The number of carbonyl (C=O) groups is 1. The summed E-state index contributed by atoms with van der Waals surface area (Å²) in [6.45, 7) is 0.